The normalized spacial score (nSPS) is 10.2. The van der Waals surface area contributed by atoms with E-state index in [0.29, 0.717) is 18.1 Å². The van der Waals surface area contributed by atoms with E-state index >= 15 is 0 Å². The van der Waals surface area contributed by atoms with Crippen LogP contribution in [0.25, 0.3) is 0 Å². The Balaban J connectivity index is 2.23. The summed E-state index contributed by atoms with van der Waals surface area (Å²) in [4.78, 5) is 10.5. The molecule has 6 heteroatoms. The highest BCUT2D eigenvalue weighted by molar-refractivity contribution is 9.10. The van der Waals surface area contributed by atoms with Crippen molar-refractivity contribution in [3.05, 3.63) is 57.1 Å². The summed E-state index contributed by atoms with van der Waals surface area (Å²) in [6.45, 7) is 2.36. The van der Waals surface area contributed by atoms with Gasteiger partial charge in [-0.25, -0.2) is 0 Å². The van der Waals surface area contributed by atoms with Crippen LogP contribution >= 0.6 is 15.9 Å². The third-order valence-electron chi connectivity index (χ3n) is 2.64. The average Bonchev–Trinajstić information content (AvgIpc) is 2.47. The van der Waals surface area contributed by atoms with Gasteiger partial charge in [0.1, 0.15) is 11.5 Å². The Bertz CT molecular complexity index is 628. The van der Waals surface area contributed by atoms with Crippen molar-refractivity contribution in [1.82, 2.24) is 0 Å². The smallest absolute Gasteiger partial charge is 0.311 e. The molecule has 0 heterocycles. The van der Waals surface area contributed by atoms with Gasteiger partial charge in [0.25, 0.3) is 0 Å². The molecule has 2 aromatic carbocycles. The van der Waals surface area contributed by atoms with Crippen LogP contribution in [0.3, 0.4) is 0 Å². The first-order valence-corrected chi connectivity index (χ1v) is 7.24. The van der Waals surface area contributed by atoms with E-state index in [1.54, 1.807) is 18.2 Å². The standard InChI is InChI=1S/C15H14BrNO4/c1-2-9-20-15-10-13(7-8-14(15)17(18)19)21-12-5-3-11(16)4-6-12/h3-8,10H,2,9H2,1H3. The SMILES string of the molecule is CCCOc1cc(Oc2ccc(Br)cc2)ccc1[N+](=O)[O-]. The molecule has 2 rings (SSSR count). The third kappa shape index (κ3) is 4.19. The fraction of sp³-hybridized carbons (Fsp3) is 0.200. The van der Waals surface area contributed by atoms with Crippen LogP contribution in [0.4, 0.5) is 5.69 Å². The summed E-state index contributed by atoms with van der Waals surface area (Å²) in [5.41, 5.74) is -0.0633. The lowest BCUT2D eigenvalue weighted by molar-refractivity contribution is -0.385. The van der Waals surface area contributed by atoms with E-state index in [4.69, 9.17) is 9.47 Å². The van der Waals surface area contributed by atoms with Crippen LogP contribution in [0, 0.1) is 10.1 Å². The van der Waals surface area contributed by atoms with Gasteiger partial charge in [0, 0.05) is 16.6 Å². The second kappa shape index (κ2) is 7.08. The van der Waals surface area contributed by atoms with Gasteiger partial charge in [-0.2, -0.15) is 0 Å². The monoisotopic (exact) mass is 351 g/mol. The number of rotatable bonds is 6. The van der Waals surface area contributed by atoms with Gasteiger partial charge in [-0.05, 0) is 36.8 Å². The summed E-state index contributed by atoms with van der Waals surface area (Å²) in [7, 11) is 0. The summed E-state index contributed by atoms with van der Waals surface area (Å²) in [5.74, 6) is 1.36. The molecular weight excluding hydrogens is 338 g/mol. The highest BCUT2D eigenvalue weighted by atomic mass is 79.9. The largest absolute Gasteiger partial charge is 0.487 e. The summed E-state index contributed by atoms with van der Waals surface area (Å²) >= 11 is 3.35. The molecular formula is C15H14BrNO4. The molecule has 2 aromatic rings. The molecule has 0 atom stereocenters. The van der Waals surface area contributed by atoms with Crippen LogP contribution < -0.4 is 9.47 Å². The van der Waals surface area contributed by atoms with Crippen molar-refractivity contribution in [2.75, 3.05) is 6.61 Å². The van der Waals surface area contributed by atoms with E-state index in [-0.39, 0.29) is 11.4 Å². The minimum Gasteiger partial charge on any atom is -0.487 e. The maximum atomic E-state index is 11.0. The van der Waals surface area contributed by atoms with Crippen LogP contribution in [0.15, 0.2) is 46.9 Å². The lowest BCUT2D eigenvalue weighted by Gasteiger charge is -2.09. The van der Waals surface area contributed by atoms with Gasteiger partial charge in [-0.15, -0.1) is 0 Å². The zero-order valence-corrected chi connectivity index (χ0v) is 13.0. The van der Waals surface area contributed by atoms with Crippen LogP contribution in [-0.2, 0) is 0 Å². The van der Waals surface area contributed by atoms with Crippen molar-refractivity contribution >= 4 is 21.6 Å². The van der Waals surface area contributed by atoms with Crippen molar-refractivity contribution in [3.63, 3.8) is 0 Å². The number of nitro groups is 1. The fourth-order valence-electron chi connectivity index (χ4n) is 1.68. The maximum Gasteiger partial charge on any atom is 0.311 e. The van der Waals surface area contributed by atoms with Gasteiger partial charge in [-0.1, -0.05) is 22.9 Å². The highest BCUT2D eigenvalue weighted by Crippen LogP contribution is 2.33. The third-order valence-corrected chi connectivity index (χ3v) is 3.17. The number of hydrogen-bond acceptors (Lipinski definition) is 4. The first-order chi connectivity index (χ1) is 10.1. The molecule has 0 amide bonds. The second-order valence-corrected chi connectivity index (χ2v) is 5.21. The Hall–Kier alpha value is -2.08. The molecule has 0 spiro atoms. The molecule has 0 saturated heterocycles. The molecule has 5 nitrogen and oxygen atoms in total. The van der Waals surface area contributed by atoms with E-state index in [2.05, 4.69) is 15.9 Å². The summed E-state index contributed by atoms with van der Waals surface area (Å²) in [6, 6.07) is 11.8. The van der Waals surface area contributed by atoms with Crippen molar-refractivity contribution in [2.45, 2.75) is 13.3 Å². The van der Waals surface area contributed by atoms with Crippen LogP contribution in [0.1, 0.15) is 13.3 Å². The number of hydrogen-bond donors (Lipinski definition) is 0. The Morgan fingerprint density at radius 2 is 1.81 bits per heavy atom. The minimum atomic E-state index is -0.464. The lowest BCUT2D eigenvalue weighted by atomic mass is 10.2. The van der Waals surface area contributed by atoms with Crippen LogP contribution in [-0.4, -0.2) is 11.5 Å². The lowest BCUT2D eigenvalue weighted by Crippen LogP contribution is -1.99. The fourth-order valence-corrected chi connectivity index (χ4v) is 1.94. The van der Waals surface area contributed by atoms with Crippen molar-refractivity contribution in [1.29, 1.82) is 0 Å². The molecule has 0 saturated carbocycles. The summed E-state index contributed by atoms with van der Waals surface area (Å²) in [5, 5.41) is 11.0. The van der Waals surface area contributed by atoms with Crippen LogP contribution in [0.2, 0.25) is 0 Å². The zero-order valence-electron chi connectivity index (χ0n) is 11.4. The number of nitro benzene ring substituents is 1. The molecule has 0 radical (unpaired) electrons. The van der Waals surface area contributed by atoms with Gasteiger partial charge in [0.05, 0.1) is 11.5 Å². The molecule has 0 aromatic heterocycles. The number of ether oxygens (including phenoxy) is 2. The molecule has 0 fully saturated rings. The topological polar surface area (TPSA) is 61.6 Å². The Morgan fingerprint density at radius 3 is 2.43 bits per heavy atom. The zero-order chi connectivity index (χ0) is 15.2. The molecule has 0 N–H and O–H groups in total. The summed E-state index contributed by atoms with van der Waals surface area (Å²) in [6.07, 6.45) is 0.773. The van der Waals surface area contributed by atoms with Crippen LogP contribution in [0.5, 0.6) is 17.2 Å². The number of halogens is 1. The van der Waals surface area contributed by atoms with E-state index in [1.165, 1.54) is 12.1 Å². The second-order valence-electron chi connectivity index (χ2n) is 4.29. The molecule has 21 heavy (non-hydrogen) atoms. The van der Waals surface area contributed by atoms with E-state index in [0.717, 1.165) is 10.9 Å². The predicted octanol–water partition coefficient (Wildman–Crippen LogP) is 4.94. The average molecular weight is 352 g/mol. The highest BCUT2D eigenvalue weighted by Gasteiger charge is 2.16. The van der Waals surface area contributed by atoms with Crippen molar-refractivity contribution < 1.29 is 14.4 Å². The minimum absolute atomic E-state index is 0.0633. The van der Waals surface area contributed by atoms with Gasteiger partial charge in [-0.3, -0.25) is 10.1 Å². The Morgan fingerprint density at radius 1 is 1.14 bits per heavy atom. The van der Waals surface area contributed by atoms with E-state index in [9.17, 15) is 10.1 Å². The molecule has 0 unspecified atom stereocenters. The number of benzene rings is 2. The molecule has 110 valence electrons. The molecule has 0 aliphatic heterocycles. The first kappa shape index (κ1) is 15.3. The summed E-state index contributed by atoms with van der Waals surface area (Å²) < 4.78 is 12.0. The van der Waals surface area contributed by atoms with Crippen molar-refractivity contribution in [2.24, 2.45) is 0 Å². The van der Waals surface area contributed by atoms with Gasteiger partial charge >= 0.3 is 5.69 Å². The predicted molar refractivity (Wildman–Crippen MR) is 83.1 cm³/mol. The molecule has 0 aliphatic carbocycles. The molecule has 0 bridgehead atoms. The first-order valence-electron chi connectivity index (χ1n) is 6.45. The number of nitrogens with zero attached hydrogens (tertiary/aromatic N) is 1. The Kier molecular flexibility index (Phi) is 5.16. The van der Waals surface area contributed by atoms with E-state index in [1.807, 2.05) is 19.1 Å². The van der Waals surface area contributed by atoms with Crippen molar-refractivity contribution in [3.8, 4) is 17.2 Å². The van der Waals surface area contributed by atoms with E-state index < -0.39 is 4.92 Å². The maximum absolute atomic E-state index is 11.0. The van der Waals surface area contributed by atoms with Gasteiger partial charge in [0.15, 0.2) is 0 Å². The van der Waals surface area contributed by atoms with Gasteiger partial charge in [0.2, 0.25) is 5.75 Å². The molecule has 0 aliphatic rings. The Labute approximate surface area is 130 Å². The van der Waals surface area contributed by atoms with Gasteiger partial charge < -0.3 is 9.47 Å². The quantitative estimate of drug-likeness (QED) is 0.546.